The molecule has 1 aliphatic heterocycles. The minimum atomic E-state index is 0.368. The molecule has 0 amide bonds. The van der Waals surface area contributed by atoms with Crippen molar-refractivity contribution in [1.29, 1.82) is 0 Å². The number of hydrogen-bond acceptors (Lipinski definition) is 2. The average Bonchev–Trinajstić information content (AvgIpc) is 2.01. The van der Waals surface area contributed by atoms with Crippen LogP contribution in [0, 0.1) is 5.41 Å². The molecule has 14 heavy (non-hydrogen) atoms. The quantitative estimate of drug-likeness (QED) is 0.750. The van der Waals surface area contributed by atoms with E-state index in [4.69, 9.17) is 5.73 Å². The first-order valence-electron chi connectivity index (χ1n) is 5.97. The molecule has 0 radical (unpaired) electrons. The van der Waals surface area contributed by atoms with E-state index in [2.05, 4.69) is 25.7 Å². The summed E-state index contributed by atoms with van der Waals surface area (Å²) < 4.78 is 0. The summed E-state index contributed by atoms with van der Waals surface area (Å²) in [5.41, 5.74) is 6.28. The first kappa shape index (κ1) is 12.0. The Labute approximate surface area is 88.8 Å². The van der Waals surface area contributed by atoms with Crippen molar-refractivity contribution < 1.29 is 0 Å². The average molecular weight is 198 g/mol. The van der Waals surface area contributed by atoms with Crippen LogP contribution in [0.4, 0.5) is 0 Å². The maximum absolute atomic E-state index is 5.74. The Hall–Kier alpha value is -0.0800. The molecule has 0 aromatic carbocycles. The fraction of sp³-hybridized carbons (Fsp3) is 1.00. The normalized spacial score (nSPS) is 24.9. The maximum Gasteiger partial charge on any atom is 0.00327 e. The highest BCUT2D eigenvalue weighted by atomic mass is 15.1. The second-order valence-electron chi connectivity index (χ2n) is 5.66. The maximum atomic E-state index is 5.74. The van der Waals surface area contributed by atoms with E-state index in [0.717, 1.165) is 6.42 Å². The van der Waals surface area contributed by atoms with Gasteiger partial charge in [-0.05, 0) is 51.1 Å². The van der Waals surface area contributed by atoms with Crippen LogP contribution in [0.15, 0.2) is 0 Å². The standard InChI is InChI=1S/C12H26N2/c1-11(13)6-4-8-14-9-5-7-12(2,3)10-14/h11H,4-10,13H2,1-3H3. The van der Waals surface area contributed by atoms with E-state index in [-0.39, 0.29) is 0 Å². The van der Waals surface area contributed by atoms with Gasteiger partial charge in [0.05, 0.1) is 0 Å². The largest absolute Gasteiger partial charge is 0.328 e. The molecule has 84 valence electrons. The van der Waals surface area contributed by atoms with Gasteiger partial charge in [0.15, 0.2) is 0 Å². The Morgan fingerprint density at radius 1 is 1.43 bits per heavy atom. The van der Waals surface area contributed by atoms with Gasteiger partial charge in [-0.25, -0.2) is 0 Å². The van der Waals surface area contributed by atoms with E-state index in [1.165, 1.54) is 38.9 Å². The number of rotatable bonds is 4. The van der Waals surface area contributed by atoms with Crippen LogP contribution in [0.3, 0.4) is 0 Å². The summed E-state index contributed by atoms with van der Waals surface area (Å²) in [4.78, 5) is 2.60. The van der Waals surface area contributed by atoms with E-state index >= 15 is 0 Å². The number of nitrogens with zero attached hydrogens (tertiary/aromatic N) is 1. The second-order valence-corrected chi connectivity index (χ2v) is 5.66. The highest BCUT2D eigenvalue weighted by molar-refractivity contribution is 4.79. The zero-order chi connectivity index (χ0) is 10.6. The topological polar surface area (TPSA) is 29.3 Å². The summed E-state index contributed by atoms with van der Waals surface area (Å²) >= 11 is 0. The van der Waals surface area contributed by atoms with E-state index < -0.39 is 0 Å². The van der Waals surface area contributed by atoms with Crippen molar-refractivity contribution in [2.24, 2.45) is 11.1 Å². The molecule has 0 spiro atoms. The van der Waals surface area contributed by atoms with Crippen LogP contribution in [-0.4, -0.2) is 30.6 Å². The van der Waals surface area contributed by atoms with Gasteiger partial charge in [0.2, 0.25) is 0 Å². The smallest absolute Gasteiger partial charge is 0.00327 e. The lowest BCUT2D eigenvalue weighted by Crippen LogP contribution is -2.40. The van der Waals surface area contributed by atoms with Crippen LogP contribution >= 0.6 is 0 Å². The fourth-order valence-electron chi connectivity index (χ4n) is 2.37. The summed E-state index contributed by atoms with van der Waals surface area (Å²) in [5.74, 6) is 0. The highest BCUT2D eigenvalue weighted by Gasteiger charge is 2.25. The third kappa shape index (κ3) is 4.43. The number of piperidine rings is 1. The van der Waals surface area contributed by atoms with Gasteiger partial charge in [-0.2, -0.15) is 0 Å². The molecule has 2 heteroatoms. The Balaban J connectivity index is 2.18. The molecule has 1 saturated heterocycles. The van der Waals surface area contributed by atoms with E-state index in [1.54, 1.807) is 0 Å². The van der Waals surface area contributed by atoms with Crippen LogP contribution in [0.5, 0.6) is 0 Å². The monoisotopic (exact) mass is 198 g/mol. The molecular formula is C12H26N2. The Morgan fingerprint density at radius 3 is 2.71 bits per heavy atom. The molecule has 1 fully saturated rings. The van der Waals surface area contributed by atoms with Crippen LogP contribution in [-0.2, 0) is 0 Å². The molecule has 1 unspecified atom stereocenters. The van der Waals surface area contributed by atoms with Crippen molar-refractivity contribution >= 4 is 0 Å². The van der Waals surface area contributed by atoms with E-state index in [9.17, 15) is 0 Å². The predicted octanol–water partition coefficient (Wildman–Crippen LogP) is 2.24. The molecule has 0 aromatic heterocycles. The first-order chi connectivity index (χ1) is 6.49. The molecule has 1 aliphatic rings. The molecule has 0 aromatic rings. The third-order valence-corrected chi connectivity index (χ3v) is 3.11. The molecular weight excluding hydrogens is 172 g/mol. The summed E-state index contributed by atoms with van der Waals surface area (Å²) in [6, 6.07) is 0.368. The van der Waals surface area contributed by atoms with Crippen LogP contribution < -0.4 is 5.73 Å². The Kier molecular flexibility index (Phi) is 4.39. The van der Waals surface area contributed by atoms with Gasteiger partial charge >= 0.3 is 0 Å². The van der Waals surface area contributed by atoms with Gasteiger partial charge in [0.25, 0.3) is 0 Å². The van der Waals surface area contributed by atoms with E-state index in [1.807, 2.05) is 0 Å². The van der Waals surface area contributed by atoms with Crippen molar-refractivity contribution in [3.8, 4) is 0 Å². The SMILES string of the molecule is CC(N)CCCN1CCCC(C)(C)C1. The highest BCUT2D eigenvalue weighted by Crippen LogP contribution is 2.28. The molecule has 0 aliphatic carbocycles. The molecule has 2 N–H and O–H groups in total. The number of nitrogens with two attached hydrogens (primary N) is 1. The van der Waals surface area contributed by atoms with Crippen molar-refractivity contribution in [1.82, 2.24) is 4.90 Å². The minimum absolute atomic E-state index is 0.368. The lowest BCUT2D eigenvalue weighted by atomic mass is 9.84. The third-order valence-electron chi connectivity index (χ3n) is 3.11. The first-order valence-corrected chi connectivity index (χ1v) is 5.97. The summed E-state index contributed by atoms with van der Waals surface area (Å²) in [6.45, 7) is 10.7. The molecule has 0 bridgehead atoms. The van der Waals surface area contributed by atoms with Gasteiger partial charge < -0.3 is 10.6 Å². The van der Waals surface area contributed by atoms with Crippen LogP contribution in [0.1, 0.15) is 46.5 Å². The van der Waals surface area contributed by atoms with E-state index in [0.29, 0.717) is 11.5 Å². The molecule has 2 nitrogen and oxygen atoms in total. The van der Waals surface area contributed by atoms with Crippen molar-refractivity contribution in [2.75, 3.05) is 19.6 Å². The number of likely N-dealkylation sites (tertiary alicyclic amines) is 1. The van der Waals surface area contributed by atoms with Gasteiger partial charge in [-0.15, -0.1) is 0 Å². The van der Waals surface area contributed by atoms with Crippen molar-refractivity contribution in [3.05, 3.63) is 0 Å². The van der Waals surface area contributed by atoms with Gasteiger partial charge in [0.1, 0.15) is 0 Å². The van der Waals surface area contributed by atoms with Gasteiger partial charge in [0, 0.05) is 12.6 Å². The summed E-state index contributed by atoms with van der Waals surface area (Å²) in [5, 5.41) is 0. The Morgan fingerprint density at radius 2 is 2.14 bits per heavy atom. The van der Waals surface area contributed by atoms with Gasteiger partial charge in [-0.3, -0.25) is 0 Å². The summed E-state index contributed by atoms with van der Waals surface area (Å²) in [6.07, 6.45) is 5.17. The summed E-state index contributed by atoms with van der Waals surface area (Å²) in [7, 11) is 0. The fourth-order valence-corrected chi connectivity index (χ4v) is 2.37. The second kappa shape index (κ2) is 5.13. The number of hydrogen-bond donors (Lipinski definition) is 1. The molecule has 1 rings (SSSR count). The zero-order valence-electron chi connectivity index (χ0n) is 10.1. The minimum Gasteiger partial charge on any atom is -0.328 e. The van der Waals surface area contributed by atoms with Crippen LogP contribution in [0.25, 0.3) is 0 Å². The van der Waals surface area contributed by atoms with Crippen LogP contribution in [0.2, 0.25) is 0 Å². The molecule has 0 saturated carbocycles. The molecule has 1 heterocycles. The predicted molar refractivity (Wildman–Crippen MR) is 62.3 cm³/mol. The van der Waals surface area contributed by atoms with Gasteiger partial charge in [-0.1, -0.05) is 13.8 Å². The van der Waals surface area contributed by atoms with Crippen molar-refractivity contribution in [2.45, 2.75) is 52.5 Å². The Bertz CT molecular complexity index is 164. The molecule has 1 atom stereocenters. The van der Waals surface area contributed by atoms with Crippen molar-refractivity contribution in [3.63, 3.8) is 0 Å². The lowest BCUT2D eigenvalue weighted by Gasteiger charge is -2.38. The zero-order valence-corrected chi connectivity index (χ0v) is 10.1. The lowest BCUT2D eigenvalue weighted by molar-refractivity contribution is 0.116.